The summed E-state index contributed by atoms with van der Waals surface area (Å²) >= 11 is 0. The van der Waals surface area contributed by atoms with Gasteiger partial charge in [-0.3, -0.25) is 4.79 Å². The van der Waals surface area contributed by atoms with Crippen LogP contribution in [0.4, 0.5) is 5.69 Å². The lowest BCUT2D eigenvalue weighted by Gasteiger charge is -2.27. The molecule has 0 fully saturated rings. The third-order valence-electron chi connectivity index (χ3n) is 5.04. The Bertz CT molecular complexity index is 1140. The predicted molar refractivity (Wildman–Crippen MR) is 116 cm³/mol. The second-order valence-electron chi connectivity index (χ2n) is 7.04. The van der Waals surface area contributed by atoms with Gasteiger partial charge in [-0.1, -0.05) is 54.6 Å². The van der Waals surface area contributed by atoms with Crippen molar-refractivity contribution in [2.75, 3.05) is 5.32 Å². The fraction of sp³-hybridized carbons (Fsp3) is 0.0385. The van der Waals surface area contributed by atoms with Crippen molar-refractivity contribution in [1.29, 1.82) is 0 Å². The average molecular weight is 393 g/mol. The molecule has 5 rings (SSSR count). The Labute approximate surface area is 174 Å². The molecule has 1 N–H and O–H groups in total. The second-order valence-corrected chi connectivity index (χ2v) is 7.04. The number of para-hydroxylation sites is 3. The first kappa shape index (κ1) is 18.0. The summed E-state index contributed by atoms with van der Waals surface area (Å²) in [5, 5.41) is 3.03. The van der Waals surface area contributed by atoms with E-state index in [1.807, 2.05) is 103 Å². The number of rotatable bonds is 4. The Hall–Kier alpha value is -4.05. The van der Waals surface area contributed by atoms with Gasteiger partial charge >= 0.3 is 0 Å². The minimum absolute atomic E-state index is 0.102. The Kier molecular flexibility index (Phi) is 4.66. The summed E-state index contributed by atoms with van der Waals surface area (Å²) in [6, 6.07) is 32.3. The van der Waals surface area contributed by atoms with Crippen LogP contribution in [0.3, 0.4) is 0 Å². The summed E-state index contributed by atoms with van der Waals surface area (Å²) in [6.07, 6.45) is 0. The molecule has 4 aromatic rings. The van der Waals surface area contributed by atoms with Gasteiger partial charge in [-0.2, -0.15) is 0 Å². The molecular weight excluding hydrogens is 374 g/mol. The van der Waals surface area contributed by atoms with Gasteiger partial charge in [0, 0.05) is 16.8 Å². The lowest BCUT2D eigenvalue weighted by Crippen LogP contribution is -2.25. The van der Waals surface area contributed by atoms with E-state index in [9.17, 15) is 4.79 Å². The Morgan fingerprint density at radius 1 is 0.667 bits per heavy atom. The molecule has 0 saturated carbocycles. The Morgan fingerprint density at radius 3 is 1.83 bits per heavy atom. The van der Waals surface area contributed by atoms with Crippen molar-refractivity contribution in [3.05, 3.63) is 114 Å². The Morgan fingerprint density at radius 2 is 1.20 bits per heavy atom. The van der Waals surface area contributed by atoms with Crippen LogP contribution in [0.1, 0.15) is 17.0 Å². The van der Waals surface area contributed by atoms with Crippen molar-refractivity contribution < 1.29 is 14.3 Å². The standard InChI is InChI=1S/C26H19NO3/c28-26(27-18-14-16-20(17-15-18)29-19-8-2-1-3-9-19)25-21-10-4-6-12-23(21)30-24-13-7-5-11-22(24)25/h1-17,25H,(H,27,28). The maximum atomic E-state index is 13.3. The van der Waals surface area contributed by atoms with Gasteiger partial charge < -0.3 is 14.8 Å². The normalized spacial score (nSPS) is 12.3. The van der Waals surface area contributed by atoms with E-state index in [-0.39, 0.29) is 5.91 Å². The van der Waals surface area contributed by atoms with Crippen LogP contribution in [-0.2, 0) is 4.79 Å². The number of ether oxygens (including phenoxy) is 2. The molecule has 30 heavy (non-hydrogen) atoms. The number of benzene rings is 4. The highest BCUT2D eigenvalue weighted by molar-refractivity contribution is 5.99. The zero-order valence-corrected chi connectivity index (χ0v) is 16.1. The molecule has 0 spiro atoms. The highest BCUT2D eigenvalue weighted by Gasteiger charge is 2.32. The molecule has 0 radical (unpaired) electrons. The molecule has 1 amide bonds. The molecule has 0 aromatic heterocycles. The monoisotopic (exact) mass is 393 g/mol. The van der Waals surface area contributed by atoms with Crippen molar-refractivity contribution in [3.63, 3.8) is 0 Å². The second kappa shape index (κ2) is 7.76. The van der Waals surface area contributed by atoms with E-state index in [4.69, 9.17) is 9.47 Å². The van der Waals surface area contributed by atoms with E-state index in [0.717, 1.165) is 16.9 Å². The molecule has 0 unspecified atom stereocenters. The topological polar surface area (TPSA) is 47.6 Å². The zero-order chi connectivity index (χ0) is 20.3. The van der Waals surface area contributed by atoms with E-state index in [2.05, 4.69) is 5.32 Å². The minimum Gasteiger partial charge on any atom is -0.457 e. The van der Waals surface area contributed by atoms with E-state index in [0.29, 0.717) is 22.9 Å². The van der Waals surface area contributed by atoms with Gasteiger partial charge in [0.1, 0.15) is 23.0 Å². The number of carbonyl (C=O) groups excluding carboxylic acids is 1. The van der Waals surface area contributed by atoms with Crippen LogP contribution in [0.5, 0.6) is 23.0 Å². The van der Waals surface area contributed by atoms with Gasteiger partial charge in [-0.25, -0.2) is 0 Å². The number of carbonyl (C=O) groups is 1. The van der Waals surface area contributed by atoms with Crippen LogP contribution >= 0.6 is 0 Å². The first-order valence-corrected chi connectivity index (χ1v) is 9.77. The summed E-state index contributed by atoms with van der Waals surface area (Å²) in [5.74, 6) is 2.36. The molecule has 4 nitrogen and oxygen atoms in total. The first-order valence-electron chi connectivity index (χ1n) is 9.77. The molecule has 1 heterocycles. The predicted octanol–water partition coefficient (Wildman–Crippen LogP) is 6.36. The number of hydrogen-bond acceptors (Lipinski definition) is 3. The molecule has 0 atom stereocenters. The third kappa shape index (κ3) is 3.51. The van der Waals surface area contributed by atoms with Gasteiger partial charge in [0.2, 0.25) is 5.91 Å². The molecule has 146 valence electrons. The molecule has 4 heteroatoms. The first-order chi connectivity index (χ1) is 14.8. The number of hydrogen-bond donors (Lipinski definition) is 1. The number of nitrogens with one attached hydrogen (secondary N) is 1. The molecule has 1 aliphatic heterocycles. The lowest BCUT2D eigenvalue weighted by atomic mass is 9.87. The van der Waals surface area contributed by atoms with E-state index in [1.165, 1.54) is 0 Å². The smallest absolute Gasteiger partial charge is 0.236 e. The van der Waals surface area contributed by atoms with Crippen LogP contribution in [0, 0.1) is 0 Å². The minimum atomic E-state index is -0.439. The summed E-state index contributed by atoms with van der Waals surface area (Å²) in [7, 11) is 0. The van der Waals surface area contributed by atoms with Crippen LogP contribution in [0.15, 0.2) is 103 Å². The van der Waals surface area contributed by atoms with E-state index in [1.54, 1.807) is 0 Å². The van der Waals surface area contributed by atoms with Crippen molar-refractivity contribution in [3.8, 4) is 23.0 Å². The van der Waals surface area contributed by atoms with Crippen molar-refractivity contribution in [1.82, 2.24) is 0 Å². The van der Waals surface area contributed by atoms with Crippen LogP contribution in [0.2, 0.25) is 0 Å². The largest absolute Gasteiger partial charge is 0.457 e. The van der Waals surface area contributed by atoms with Crippen molar-refractivity contribution >= 4 is 11.6 Å². The SMILES string of the molecule is O=C(Nc1ccc(Oc2ccccc2)cc1)C1c2ccccc2Oc2ccccc21. The fourth-order valence-corrected chi connectivity index (χ4v) is 3.64. The number of fused-ring (bicyclic) bond motifs is 2. The number of amides is 1. The van der Waals surface area contributed by atoms with Crippen LogP contribution < -0.4 is 14.8 Å². The molecule has 1 aliphatic rings. The average Bonchev–Trinajstić information content (AvgIpc) is 2.79. The van der Waals surface area contributed by atoms with Crippen LogP contribution in [-0.4, -0.2) is 5.91 Å². The summed E-state index contributed by atoms with van der Waals surface area (Å²) < 4.78 is 11.8. The van der Waals surface area contributed by atoms with Gasteiger partial charge in [-0.15, -0.1) is 0 Å². The van der Waals surface area contributed by atoms with Crippen LogP contribution in [0.25, 0.3) is 0 Å². The maximum Gasteiger partial charge on any atom is 0.236 e. The summed E-state index contributed by atoms with van der Waals surface area (Å²) in [6.45, 7) is 0. The van der Waals surface area contributed by atoms with Gasteiger partial charge in [0.15, 0.2) is 0 Å². The lowest BCUT2D eigenvalue weighted by molar-refractivity contribution is -0.116. The van der Waals surface area contributed by atoms with E-state index >= 15 is 0 Å². The molecule has 4 aromatic carbocycles. The third-order valence-corrected chi connectivity index (χ3v) is 5.04. The highest BCUT2D eigenvalue weighted by atomic mass is 16.5. The van der Waals surface area contributed by atoms with Gasteiger partial charge in [-0.05, 0) is 48.5 Å². The highest BCUT2D eigenvalue weighted by Crippen LogP contribution is 2.44. The summed E-state index contributed by atoms with van der Waals surface area (Å²) in [5.41, 5.74) is 2.43. The zero-order valence-electron chi connectivity index (χ0n) is 16.1. The quantitative estimate of drug-likeness (QED) is 0.439. The van der Waals surface area contributed by atoms with Gasteiger partial charge in [0.05, 0.1) is 5.92 Å². The molecule has 0 aliphatic carbocycles. The van der Waals surface area contributed by atoms with Crippen molar-refractivity contribution in [2.45, 2.75) is 5.92 Å². The molecule has 0 saturated heterocycles. The van der Waals surface area contributed by atoms with E-state index < -0.39 is 5.92 Å². The van der Waals surface area contributed by atoms with Crippen molar-refractivity contribution in [2.24, 2.45) is 0 Å². The fourth-order valence-electron chi connectivity index (χ4n) is 3.64. The van der Waals surface area contributed by atoms with Gasteiger partial charge in [0.25, 0.3) is 0 Å². The maximum absolute atomic E-state index is 13.3. The molecule has 0 bridgehead atoms. The number of anilines is 1. The Balaban J connectivity index is 1.38. The summed E-state index contributed by atoms with van der Waals surface area (Å²) in [4.78, 5) is 13.3. The molecular formula is C26H19NO3.